The zero-order chi connectivity index (χ0) is 18.0. The Balaban J connectivity index is 1.83. The predicted molar refractivity (Wildman–Crippen MR) is 99.9 cm³/mol. The van der Waals surface area contributed by atoms with Gasteiger partial charge in [-0.25, -0.2) is 0 Å². The van der Waals surface area contributed by atoms with Crippen LogP contribution in [0, 0.1) is 0 Å². The van der Waals surface area contributed by atoms with Crippen LogP contribution in [0.25, 0.3) is 21.5 Å². The minimum atomic E-state index is -4.28. The second-order valence-corrected chi connectivity index (χ2v) is 9.11. The minimum absolute atomic E-state index is 0.272. The third-order valence-electron chi connectivity index (χ3n) is 4.69. The molecule has 26 heavy (non-hydrogen) atoms. The Morgan fingerprint density at radius 3 is 1.85 bits per heavy atom. The predicted octanol–water partition coefficient (Wildman–Crippen LogP) is 4.46. The molecule has 2 heterocycles. The standard InChI is InChI=1S/C19H18NO5P/c1-3-22-26(20-12(2)19(21)25-26)23-17-15-10-6-4-8-13(15)14-9-5-7-11-16(14)18(17)24-26/h4-12,20H,3H2,1-2H3. The summed E-state index contributed by atoms with van der Waals surface area (Å²) in [6, 6.07) is 15.3. The molecule has 1 spiro atoms. The molecular weight excluding hydrogens is 353 g/mol. The average Bonchev–Trinajstić information content (AvgIpc) is 3.10. The average molecular weight is 371 g/mol. The first kappa shape index (κ1) is 15.8. The van der Waals surface area contributed by atoms with E-state index in [1.54, 1.807) is 6.92 Å². The van der Waals surface area contributed by atoms with Gasteiger partial charge >= 0.3 is 150 Å². The number of carbonyl (C=O) groups is 1. The number of hydrogen-bond acceptors (Lipinski definition) is 6. The fraction of sp³-hybridized carbons (Fsp3) is 0.211. The maximum atomic E-state index is 12.2. The number of nitrogens with one attached hydrogen (secondary N) is 1. The van der Waals surface area contributed by atoms with E-state index in [2.05, 4.69) is 5.09 Å². The van der Waals surface area contributed by atoms with Gasteiger partial charge in [-0.15, -0.1) is 0 Å². The summed E-state index contributed by atoms with van der Waals surface area (Å²) in [4.78, 5) is 12.2. The molecule has 1 unspecified atom stereocenters. The second kappa shape index (κ2) is 5.07. The van der Waals surface area contributed by atoms with Gasteiger partial charge in [-0.3, -0.25) is 0 Å². The summed E-state index contributed by atoms with van der Waals surface area (Å²) in [7, 11) is -4.28. The Labute approximate surface area is 150 Å². The van der Waals surface area contributed by atoms with E-state index < -0.39 is 19.7 Å². The van der Waals surface area contributed by atoms with Crippen molar-refractivity contribution in [1.29, 1.82) is 0 Å². The molecule has 1 N–H and O–H groups in total. The molecule has 2 aliphatic heterocycles. The molecule has 0 radical (unpaired) electrons. The molecule has 0 amide bonds. The second-order valence-electron chi connectivity index (χ2n) is 6.42. The van der Waals surface area contributed by atoms with Crippen molar-refractivity contribution in [2.24, 2.45) is 0 Å². The van der Waals surface area contributed by atoms with Gasteiger partial charge < -0.3 is 0 Å². The number of rotatable bonds is 2. The fourth-order valence-corrected chi connectivity index (χ4v) is 6.80. The molecule has 6 nitrogen and oxygen atoms in total. The van der Waals surface area contributed by atoms with E-state index in [1.165, 1.54) is 0 Å². The van der Waals surface area contributed by atoms with Crippen molar-refractivity contribution in [1.82, 2.24) is 5.09 Å². The van der Waals surface area contributed by atoms with Gasteiger partial charge in [0, 0.05) is 0 Å². The number of fused-ring (bicyclic) bond motifs is 6. The molecular formula is C19H18NO5P. The summed E-state index contributed by atoms with van der Waals surface area (Å²) in [5.41, 5.74) is 0. The Morgan fingerprint density at radius 1 is 0.923 bits per heavy atom. The van der Waals surface area contributed by atoms with E-state index in [1.807, 2.05) is 55.5 Å². The van der Waals surface area contributed by atoms with Gasteiger partial charge in [-0.05, 0) is 0 Å². The molecule has 3 aromatic carbocycles. The number of carbonyl (C=O) groups excluding carboxylic acids is 1. The molecule has 3 aromatic rings. The van der Waals surface area contributed by atoms with Crippen molar-refractivity contribution < 1.29 is 22.9 Å². The van der Waals surface area contributed by atoms with Crippen molar-refractivity contribution >= 4 is 35.2 Å². The van der Waals surface area contributed by atoms with Gasteiger partial charge in [0.1, 0.15) is 0 Å². The van der Waals surface area contributed by atoms with Crippen LogP contribution in [0.4, 0.5) is 0 Å². The van der Waals surface area contributed by atoms with Gasteiger partial charge in [-0.1, -0.05) is 0 Å². The van der Waals surface area contributed by atoms with Crippen LogP contribution in [0.2, 0.25) is 0 Å². The molecule has 1 saturated heterocycles. The third kappa shape index (κ3) is 1.95. The molecule has 1 atom stereocenters. The summed E-state index contributed by atoms with van der Waals surface area (Å²) in [6.45, 7) is 3.79. The molecule has 134 valence electrons. The number of hydrogen-bond donors (Lipinski definition) is 1. The zero-order valence-corrected chi connectivity index (χ0v) is 15.3. The Kier molecular flexibility index (Phi) is 3.09. The van der Waals surface area contributed by atoms with Gasteiger partial charge in [0.25, 0.3) is 0 Å². The molecule has 1 fully saturated rings. The summed E-state index contributed by atoms with van der Waals surface area (Å²) >= 11 is 0. The van der Waals surface area contributed by atoms with Crippen LogP contribution in [0.3, 0.4) is 0 Å². The quantitative estimate of drug-likeness (QED) is 0.530. The van der Waals surface area contributed by atoms with Crippen LogP contribution >= 0.6 is 7.66 Å². The van der Waals surface area contributed by atoms with Crippen molar-refractivity contribution in [3.63, 3.8) is 0 Å². The van der Waals surface area contributed by atoms with Gasteiger partial charge in [0.05, 0.1) is 0 Å². The van der Waals surface area contributed by atoms with E-state index in [0.29, 0.717) is 11.5 Å². The maximum absolute atomic E-state index is 12.2. The molecule has 0 aromatic heterocycles. The molecule has 7 heteroatoms. The molecule has 0 saturated carbocycles. The first-order chi connectivity index (χ1) is 12.5. The van der Waals surface area contributed by atoms with Crippen LogP contribution in [0.1, 0.15) is 13.8 Å². The van der Waals surface area contributed by atoms with Crippen LogP contribution in [-0.4, -0.2) is 18.6 Å². The SMILES string of the molecule is CCOP12(NC(C)C(=O)O1)Oc1c(c3ccccc3c3ccccc13)O2. The topological polar surface area (TPSA) is 66.0 Å². The fourth-order valence-electron chi connectivity index (χ4n) is 3.65. The van der Waals surface area contributed by atoms with Crippen molar-refractivity contribution in [2.75, 3.05) is 6.61 Å². The van der Waals surface area contributed by atoms with Crippen molar-refractivity contribution in [2.45, 2.75) is 19.9 Å². The Bertz CT molecular complexity index is 1020. The van der Waals surface area contributed by atoms with Crippen molar-refractivity contribution in [3.05, 3.63) is 48.5 Å². The Hall–Kier alpha value is -2.40. The van der Waals surface area contributed by atoms with Crippen LogP contribution in [0.15, 0.2) is 48.5 Å². The first-order valence-electron chi connectivity index (χ1n) is 8.58. The summed E-state index contributed by atoms with van der Waals surface area (Å²) in [6.07, 6.45) is 0. The van der Waals surface area contributed by atoms with E-state index in [4.69, 9.17) is 18.1 Å². The van der Waals surface area contributed by atoms with Crippen LogP contribution in [0.5, 0.6) is 11.5 Å². The zero-order valence-electron chi connectivity index (χ0n) is 14.4. The first-order valence-corrected chi connectivity index (χ1v) is 10.5. The molecule has 0 aliphatic carbocycles. The summed E-state index contributed by atoms with van der Waals surface area (Å²) in [5, 5.41) is 6.92. The summed E-state index contributed by atoms with van der Waals surface area (Å²) < 4.78 is 24.1. The molecule has 2 aliphatic rings. The van der Waals surface area contributed by atoms with E-state index in [0.717, 1.165) is 21.5 Å². The van der Waals surface area contributed by atoms with Crippen LogP contribution in [-0.2, 0) is 13.8 Å². The van der Waals surface area contributed by atoms with Gasteiger partial charge in [0.15, 0.2) is 0 Å². The normalized spacial score (nSPS) is 23.8. The van der Waals surface area contributed by atoms with Crippen LogP contribution < -0.4 is 14.1 Å². The molecule has 5 rings (SSSR count). The Morgan fingerprint density at radius 2 is 1.42 bits per heavy atom. The van der Waals surface area contributed by atoms with Crippen molar-refractivity contribution in [3.8, 4) is 11.5 Å². The monoisotopic (exact) mass is 371 g/mol. The van der Waals surface area contributed by atoms with Gasteiger partial charge in [-0.2, -0.15) is 0 Å². The number of benzene rings is 3. The van der Waals surface area contributed by atoms with Gasteiger partial charge in [0.2, 0.25) is 0 Å². The van der Waals surface area contributed by atoms with E-state index in [-0.39, 0.29) is 6.61 Å². The van der Waals surface area contributed by atoms with E-state index >= 15 is 0 Å². The third-order valence-corrected chi connectivity index (χ3v) is 7.70. The van der Waals surface area contributed by atoms with E-state index in [9.17, 15) is 4.79 Å². The summed E-state index contributed by atoms with van der Waals surface area (Å²) in [5.74, 6) is 0.636. The molecule has 0 bridgehead atoms.